The highest BCUT2D eigenvalue weighted by molar-refractivity contribution is 5.59. The molecule has 0 heterocycles. The third-order valence-corrected chi connectivity index (χ3v) is 0.983. The minimum absolute atomic E-state index is 0.0687. The summed E-state index contributed by atoms with van der Waals surface area (Å²) in [5.74, 6) is 0. The Morgan fingerprint density at radius 1 is 1.07 bits per heavy atom. The summed E-state index contributed by atoms with van der Waals surface area (Å²) in [7, 11) is 0. The molecule has 0 aromatic rings. The van der Waals surface area contributed by atoms with Gasteiger partial charge in [-0.25, -0.2) is 4.79 Å². The second-order valence-corrected chi connectivity index (χ2v) is 5.38. The summed E-state index contributed by atoms with van der Waals surface area (Å²) in [5, 5.41) is 0. The van der Waals surface area contributed by atoms with E-state index in [0.29, 0.717) is 6.61 Å². The van der Waals surface area contributed by atoms with E-state index in [1.54, 1.807) is 20.8 Å². The van der Waals surface area contributed by atoms with Gasteiger partial charge in [0, 0.05) is 0 Å². The molecule has 84 valence electrons. The molecule has 0 aromatic carbocycles. The highest BCUT2D eigenvalue weighted by Gasteiger charge is 2.18. The lowest BCUT2D eigenvalue weighted by Crippen LogP contribution is -2.24. The first-order valence-electron chi connectivity index (χ1n) is 4.63. The number of hydrogen-bond donors (Lipinski definition) is 0. The normalized spacial score (nSPS) is 12.4. The van der Waals surface area contributed by atoms with Crippen LogP contribution in [0.25, 0.3) is 0 Å². The van der Waals surface area contributed by atoms with E-state index in [9.17, 15) is 4.79 Å². The van der Waals surface area contributed by atoms with Crippen molar-refractivity contribution in [1.82, 2.24) is 0 Å². The predicted molar refractivity (Wildman–Crippen MR) is 52.7 cm³/mol. The first-order valence-corrected chi connectivity index (χ1v) is 4.63. The van der Waals surface area contributed by atoms with Crippen molar-refractivity contribution in [3.63, 3.8) is 0 Å². The van der Waals surface area contributed by atoms with E-state index in [2.05, 4.69) is 4.89 Å². The average Bonchev–Trinajstić information content (AvgIpc) is 1.94. The van der Waals surface area contributed by atoms with Crippen LogP contribution < -0.4 is 0 Å². The van der Waals surface area contributed by atoms with Crippen LogP contribution in [0.2, 0.25) is 0 Å². The average molecular weight is 204 g/mol. The Bertz CT molecular complexity index is 165. The molecule has 0 aliphatic heterocycles. The van der Waals surface area contributed by atoms with Gasteiger partial charge in [-0.05, 0) is 26.2 Å². The van der Waals surface area contributed by atoms with Crippen LogP contribution in [0.5, 0.6) is 0 Å². The molecule has 0 amide bonds. The van der Waals surface area contributed by atoms with Gasteiger partial charge in [0.05, 0.1) is 6.61 Å². The molecule has 0 fully saturated rings. The Morgan fingerprint density at radius 2 is 1.57 bits per heavy atom. The number of ether oxygens (including phenoxy) is 1. The van der Waals surface area contributed by atoms with Crippen molar-refractivity contribution in [2.75, 3.05) is 6.61 Å². The van der Waals surface area contributed by atoms with Crippen LogP contribution in [0.15, 0.2) is 0 Å². The smallest absolute Gasteiger partial charge is 0.432 e. The molecule has 0 saturated carbocycles. The first-order chi connectivity index (χ1) is 6.10. The van der Waals surface area contributed by atoms with Gasteiger partial charge >= 0.3 is 6.16 Å². The molecule has 0 aliphatic rings. The second-order valence-electron chi connectivity index (χ2n) is 5.38. The molecule has 0 aliphatic carbocycles. The summed E-state index contributed by atoms with van der Waals surface area (Å²) in [6, 6.07) is 0. The molecule has 0 N–H and O–H groups in total. The zero-order chi connectivity index (χ0) is 11.4. The molecular weight excluding hydrogens is 184 g/mol. The van der Waals surface area contributed by atoms with Crippen molar-refractivity contribution in [3.05, 3.63) is 0 Å². The summed E-state index contributed by atoms with van der Waals surface area (Å²) in [4.78, 5) is 20.2. The van der Waals surface area contributed by atoms with Crippen LogP contribution >= 0.6 is 0 Å². The quantitative estimate of drug-likeness (QED) is 0.394. The molecule has 4 nitrogen and oxygen atoms in total. The van der Waals surface area contributed by atoms with Gasteiger partial charge in [0.25, 0.3) is 0 Å². The maximum Gasteiger partial charge on any atom is 0.540 e. The zero-order valence-electron chi connectivity index (χ0n) is 9.84. The van der Waals surface area contributed by atoms with Crippen molar-refractivity contribution in [2.24, 2.45) is 5.41 Å². The summed E-state index contributed by atoms with van der Waals surface area (Å²) in [5.41, 5.74) is -0.582. The van der Waals surface area contributed by atoms with Gasteiger partial charge in [0.15, 0.2) is 0 Å². The lowest BCUT2D eigenvalue weighted by Gasteiger charge is -2.19. The first kappa shape index (κ1) is 13.2. The third-order valence-electron chi connectivity index (χ3n) is 0.983. The number of carbonyl (C=O) groups is 1. The van der Waals surface area contributed by atoms with Crippen LogP contribution in [-0.4, -0.2) is 18.4 Å². The van der Waals surface area contributed by atoms with Crippen molar-refractivity contribution < 1.29 is 19.3 Å². The van der Waals surface area contributed by atoms with E-state index in [1.807, 2.05) is 20.8 Å². The summed E-state index contributed by atoms with van der Waals surface area (Å²) in [6.07, 6.45) is -0.796. The molecule has 0 rings (SSSR count). The third kappa shape index (κ3) is 9.32. The minimum atomic E-state index is -0.796. The van der Waals surface area contributed by atoms with E-state index >= 15 is 0 Å². The Kier molecular flexibility index (Phi) is 4.39. The van der Waals surface area contributed by atoms with Crippen LogP contribution in [-0.2, 0) is 14.5 Å². The van der Waals surface area contributed by atoms with Gasteiger partial charge < -0.3 is 4.74 Å². The lowest BCUT2D eigenvalue weighted by molar-refractivity contribution is -0.312. The largest absolute Gasteiger partial charge is 0.540 e. The van der Waals surface area contributed by atoms with E-state index in [1.165, 1.54) is 0 Å². The molecule has 0 radical (unpaired) electrons. The molecule has 0 bridgehead atoms. The Morgan fingerprint density at radius 3 is 1.93 bits per heavy atom. The lowest BCUT2D eigenvalue weighted by atomic mass is 9.99. The Labute approximate surface area is 85.5 Å². The van der Waals surface area contributed by atoms with Gasteiger partial charge in [0.2, 0.25) is 0 Å². The van der Waals surface area contributed by atoms with Crippen LogP contribution in [0.1, 0.15) is 41.5 Å². The summed E-state index contributed by atoms with van der Waals surface area (Å²) in [6.45, 7) is 11.5. The molecular formula is C10H20O4. The minimum Gasteiger partial charge on any atom is -0.432 e. The van der Waals surface area contributed by atoms with Crippen molar-refractivity contribution in [2.45, 2.75) is 47.1 Å². The van der Waals surface area contributed by atoms with Crippen LogP contribution in [0, 0.1) is 5.41 Å². The van der Waals surface area contributed by atoms with Gasteiger partial charge in [-0.15, -0.1) is 0 Å². The molecule has 0 atom stereocenters. The van der Waals surface area contributed by atoms with Gasteiger partial charge in [-0.2, -0.15) is 4.89 Å². The fourth-order valence-corrected chi connectivity index (χ4v) is 0.459. The van der Waals surface area contributed by atoms with E-state index in [-0.39, 0.29) is 5.41 Å². The SMILES string of the molecule is CC(C)(C)COC(=O)OOC(C)(C)C. The molecule has 0 aromatic heterocycles. The van der Waals surface area contributed by atoms with Crippen molar-refractivity contribution >= 4 is 6.16 Å². The van der Waals surface area contributed by atoms with E-state index in [4.69, 9.17) is 9.62 Å². The predicted octanol–water partition coefficient (Wildman–Crippen LogP) is 2.92. The van der Waals surface area contributed by atoms with E-state index in [0.717, 1.165) is 0 Å². The van der Waals surface area contributed by atoms with Crippen LogP contribution in [0.3, 0.4) is 0 Å². The Balaban J connectivity index is 3.68. The van der Waals surface area contributed by atoms with Crippen LogP contribution in [0.4, 0.5) is 4.79 Å². The Hall–Kier alpha value is -0.770. The monoisotopic (exact) mass is 204 g/mol. The number of rotatable bonds is 2. The zero-order valence-corrected chi connectivity index (χ0v) is 9.84. The topological polar surface area (TPSA) is 44.8 Å². The highest BCUT2D eigenvalue weighted by Crippen LogP contribution is 2.14. The van der Waals surface area contributed by atoms with E-state index < -0.39 is 11.8 Å². The number of carbonyl (C=O) groups excluding carboxylic acids is 1. The standard InChI is InChI=1S/C10H20O4/c1-9(2,3)7-12-8(11)13-14-10(4,5)6/h7H2,1-6H3. The fraction of sp³-hybridized carbons (Fsp3) is 0.900. The second kappa shape index (κ2) is 4.64. The van der Waals surface area contributed by atoms with Gasteiger partial charge in [-0.1, -0.05) is 20.8 Å². The van der Waals surface area contributed by atoms with Crippen molar-refractivity contribution in [1.29, 1.82) is 0 Å². The number of hydrogen-bond acceptors (Lipinski definition) is 4. The van der Waals surface area contributed by atoms with Crippen molar-refractivity contribution in [3.8, 4) is 0 Å². The molecule has 4 heteroatoms. The molecule has 0 unspecified atom stereocenters. The summed E-state index contributed by atoms with van der Waals surface area (Å²) < 4.78 is 4.82. The highest BCUT2D eigenvalue weighted by atomic mass is 17.2. The fourth-order valence-electron chi connectivity index (χ4n) is 0.459. The molecule has 0 spiro atoms. The maximum atomic E-state index is 11.0. The van der Waals surface area contributed by atoms with Gasteiger partial charge in [0.1, 0.15) is 5.60 Å². The molecule has 0 saturated heterocycles. The van der Waals surface area contributed by atoms with Gasteiger partial charge in [-0.3, -0.25) is 4.89 Å². The molecule has 14 heavy (non-hydrogen) atoms. The maximum absolute atomic E-state index is 11.0. The summed E-state index contributed by atoms with van der Waals surface area (Å²) >= 11 is 0.